The fraction of sp³-hybridized carbons (Fsp3) is 0.261. The number of anilines is 3. The second kappa shape index (κ2) is 8.87. The fourth-order valence-corrected chi connectivity index (χ4v) is 4.56. The van der Waals surface area contributed by atoms with Crippen molar-refractivity contribution in [3.8, 4) is 11.6 Å². The molecule has 1 aliphatic rings. The van der Waals surface area contributed by atoms with Gasteiger partial charge in [0.2, 0.25) is 0 Å². The molecule has 0 spiro atoms. The van der Waals surface area contributed by atoms with Crippen molar-refractivity contribution in [1.29, 1.82) is 0 Å². The number of hydrogen-bond donors (Lipinski definition) is 1. The number of benzene rings is 2. The molecule has 1 aliphatic heterocycles. The van der Waals surface area contributed by atoms with Gasteiger partial charge >= 0.3 is 0 Å². The SMILES string of the molecule is COC1CCN(c2nccnc2Oc2ccc(Nc3nc4ccccc4s3)cc2)CC1. The molecule has 1 N–H and O–H groups in total. The Morgan fingerprint density at radius 3 is 2.55 bits per heavy atom. The van der Waals surface area contributed by atoms with Crippen LogP contribution in [0, 0.1) is 0 Å². The average Bonchev–Trinajstić information content (AvgIpc) is 3.23. The van der Waals surface area contributed by atoms with Crippen molar-refractivity contribution < 1.29 is 9.47 Å². The van der Waals surface area contributed by atoms with Gasteiger partial charge in [0.1, 0.15) is 5.75 Å². The molecule has 0 unspecified atom stereocenters. The summed E-state index contributed by atoms with van der Waals surface area (Å²) in [6, 6.07) is 15.9. The Labute approximate surface area is 184 Å². The number of nitrogens with zero attached hydrogens (tertiary/aromatic N) is 4. The van der Waals surface area contributed by atoms with Crippen molar-refractivity contribution in [2.75, 3.05) is 30.4 Å². The van der Waals surface area contributed by atoms with Crippen LogP contribution in [0.25, 0.3) is 10.2 Å². The van der Waals surface area contributed by atoms with Gasteiger partial charge in [0, 0.05) is 38.3 Å². The Morgan fingerprint density at radius 1 is 1.00 bits per heavy atom. The average molecular weight is 434 g/mol. The van der Waals surface area contributed by atoms with Crippen LogP contribution in [-0.4, -0.2) is 41.3 Å². The van der Waals surface area contributed by atoms with E-state index in [1.165, 1.54) is 0 Å². The summed E-state index contributed by atoms with van der Waals surface area (Å²) < 4.78 is 12.7. The third kappa shape index (κ3) is 4.45. The summed E-state index contributed by atoms with van der Waals surface area (Å²) in [5.41, 5.74) is 1.95. The quantitative estimate of drug-likeness (QED) is 0.446. The topological polar surface area (TPSA) is 72.4 Å². The molecular weight excluding hydrogens is 410 g/mol. The van der Waals surface area contributed by atoms with Gasteiger partial charge in [-0.2, -0.15) is 0 Å². The molecule has 3 heterocycles. The molecule has 0 radical (unpaired) electrons. The Balaban J connectivity index is 1.28. The van der Waals surface area contributed by atoms with E-state index < -0.39 is 0 Å². The molecular formula is C23H23N5O2S. The number of methoxy groups -OCH3 is 1. The summed E-state index contributed by atoms with van der Waals surface area (Å²) in [6.45, 7) is 1.75. The predicted octanol–water partition coefficient (Wildman–Crippen LogP) is 5.24. The van der Waals surface area contributed by atoms with Gasteiger partial charge in [-0.1, -0.05) is 23.5 Å². The maximum absolute atomic E-state index is 6.08. The summed E-state index contributed by atoms with van der Waals surface area (Å²) in [7, 11) is 1.77. The van der Waals surface area contributed by atoms with Crippen LogP contribution in [-0.2, 0) is 4.74 Å². The van der Waals surface area contributed by atoms with E-state index in [1.54, 1.807) is 30.8 Å². The van der Waals surface area contributed by atoms with Gasteiger partial charge < -0.3 is 19.7 Å². The van der Waals surface area contributed by atoms with Crippen LogP contribution >= 0.6 is 11.3 Å². The van der Waals surface area contributed by atoms with Gasteiger partial charge in [-0.3, -0.25) is 0 Å². The normalized spacial score (nSPS) is 14.7. The van der Waals surface area contributed by atoms with Crippen LogP contribution < -0.4 is 15.0 Å². The standard InChI is InChI=1S/C23H23N5O2S/c1-29-17-10-14-28(15-11-17)21-22(25-13-12-24-21)30-18-8-6-16(7-9-18)26-23-27-19-4-2-3-5-20(19)31-23/h2-9,12-13,17H,10-11,14-15H2,1H3,(H,26,27). The highest BCUT2D eigenvalue weighted by Gasteiger charge is 2.23. The number of hydrogen-bond acceptors (Lipinski definition) is 8. The molecule has 2 aromatic carbocycles. The minimum absolute atomic E-state index is 0.313. The van der Waals surface area contributed by atoms with Crippen LogP contribution in [0.5, 0.6) is 11.6 Å². The van der Waals surface area contributed by atoms with Crippen molar-refractivity contribution in [2.45, 2.75) is 18.9 Å². The molecule has 0 saturated carbocycles. The Morgan fingerprint density at radius 2 is 1.77 bits per heavy atom. The van der Waals surface area contributed by atoms with Crippen molar-refractivity contribution in [3.05, 3.63) is 60.9 Å². The molecule has 4 aromatic rings. The lowest BCUT2D eigenvalue weighted by Gasteiger charge is -2.32. The van der Waals surface area contributed by atoms with E-state index in [2.05, 4.69) is 31.2 Å². The van der Waals surface area contributed by atoms with Gasteiger partial charge in [-0.15, -0.1) is 0 Å². The molecule has 0 atom stereocenters. The van der Waals surface area contributed by atoms with Gasteiger partial charge in [0.15, 0.2) is 10.9 Å². The molecule has 5 rings (SSSR count). The first-order valence-corrected chi connectivity index (χ1v) is 11.1. The van der Waals surface area contributed by atoms with Gasteiger partial charge in [0.05, 0.1) is 16.3 Å². The fourth-order valence-electron chi connectivity index (χ4n) is 3.68. The van der Waals surface area contributed by atoms with Crippen LogP contribution in [0.2, 0.25) is 0 Å². The first-order chi connectivity index (χ1) is 15.3. The third-order valence-electron chi connectivity index (χ3n) is 5.34. The van der Waals surface area contributed by atoms with Crippen molar-refractivity contribution >= 4 is 38.2 Å². The Hall–Kier alpha value is -3.23. The summed E-state index contributed by atoms with van der Waals surface area (Å²) in [5.74, 6) is 2.00. The van der Waals surface area contributed by atoms with Crippen LogP contribution in [0.15, 0.2) is 60.9 Å². The van der Waals surface area contributed by atoms with E-state index in [1.807, 2.05) is 42.5 Å². The monoisotopic (exact) mass is 433 g/mol. The molecule has 158 valence electrons. The molecule has 2 aromatic heterocycles. The number of rotatable bonds is 6. The Kier molecular flexibility index (Phi) is 5.64. The number of fused-ring (bicyclic) bond motifs is 1. The van der Waals surface area contributed by atoms with E-state index >= 15 is 0 Å². The summed E-state index contributed by atoms with van der Waals surface area (Å²) in [6.07, 6.45) is 5.62. The number of thiazole rings is 1. The van der Waals surface area contributed by atoms with Crippen molar-refractivity contribution in [1.82, 2.24) is 15.0 Å². The number of para-hydroxylation sites is 1. The predicted molar refractivity (Wildman–Crippen MR) is 124 cm³/mol. The number of ether oxygens (including phenoxy) is 2. The van der Waals surface area contributed by atoms with Gasteiger partial charge in [-0.25, -0.2) is 15.0 Å². The van der Waals surface area contributed by atoms with Crippen molar-refractivity contribution in [3.63, 3.8) is 0 Å². The summed E-state index contributed by atoms with van der Waals surface area (Å²) >= 11 is 1.63. The van der Waals surface area contributed by atoms with Crippen LogP contribution in [0.1, 0.15) is 12.8 Å². The third-order valence-corrected chi connectivity index (χ3v) is 6.29. The zero-order valence-electron chi connectivity index (χ0n) is 17.2. The van der Waals surface area contributed by atoms with E-state index in [0.29, 0.717) is 17.7 Å². The molecule has 0 amide bonds. The summed E-state index contributed by atoms with van der Waals surface area (Å²) in [5, 5.41) is 4.23. The number of aromatic nitrogens is 3. The molecule has 1 fully saturated rings. The first-order valence-electron chi connectivity index (χ1n) is 10.3. The molecule has 0 aliphatic carbocycles. The second-order valence-electron chi connectivity index (χ2n) is 7.35. The molecule has 1 saturated heterocycles. The highest BCUT2D eigenvalue weighted by Crippen LogP contribution is 2.32. The highest BCUT2D eigenvalue weighted by molar-refractivity contribution is 7.22. The van der Waals surface area contributed by atoms with E-state index in [9.17, 15) is 0 Å². The second-order valence-corrected chi connectivity index (χ2v) is 8.38. The molecule has 7 nitrogen and oxygen atoms in total. The largest absolute Gasteiger partial charge is 0.436 e. The van der Waals surface area contributed by atoms with E-state index in [4.69, 9.17) is 9.47 Å². The zero-order chi connectivity index (χ0) is 21.0. The lowest BCUT2D eigenvalue weighted by atomic mass is 10.1. The zero-order valence-corrected chi connectivity index (χ0v) is 18.0. The van der Waals surface area contributed by atoms with E-state index in [0.717, 1.165) is 52.8 Å². The van der Waals surface area contributed by atoms with Gasteiger partial charge in [-0.05, 0) is 49.2 Å². The number of piperidine rings is 1. The van der Waals surface area contributed by atoms with Crippen LogP contribution in [0.3, 0.4) is 0 Å². The maximum atomic E-state index is 6.08. The molecule has 8 heteroatoms. The van der Waals surface area contributed by atoms with E-state index in [-0.39, 0.29) is 0 Å². The maximum Gasteiger partial charge on any atom is 0.263 e. The smallest absolute Gasteiger partial charge is 0.263 e. The minimum Gasteiger partial charge on any atom is -0.436 e. The first kappa shape index (κ1) is 19.7. The van der Waals surface area contributed by atoms with Crippen molar-refractivity contribution in [2.24, 2.45) is 0 Å². The molecule has 31 heavy (non-hydrogen) atoms. The van der Waals surface area contributed by atoms with Gasteiger partial charge in [0.25, 0.3) is 5.88 Å². The Bertz CT molecular complexity index is 1120. The molecule has 0 bridgehead atoms. The highest BCUT2D eigenvalue weighted by atomic mass is 32.1. The lowest BCUT2D eigenvalue weighted by Crippen LogP contribution is -2.37. The minimum atomic E-state index is 0.313. The lowest BCUT2D eigenvalue weighted by molar-refractivity contribution is 0.0817. The summed E-state index contributed by atoms with van der Waals surface area (Å²) in [4.78, 5) is 15.8. The number of nitrogens with one attached hydrogen (secondary N) is 1. The van der Waals surface area contributed by atoms with Crippen LogP contribution in [0.4, 0.5) is 16.6 Å².